The molecule has 1 unspecified atom stereocenters. The van der Waals surface area contributed by atoms with Crippen LogP contribution in [0.5, 0.6) is 5.75 Å². The molecule has 1 aromatic rings. The van der Waals surface area contributed by atoms with Crippen LogP contribution < -0.4 is 5.73 Å². The number of hydrogen-bond donors (Lipinski definition) is 3. The second kappa shape index (κ2) is 8.42. The number of carbonyl (C=O) groups is 2. The van der Waals surface area contributed by atoms with Gasteiger partial charge in [0, 0.05) is 5.92 Å². The SMILES string of the molecule is Cc1ccc(C(=O)C(CCCCCN)CC(=O)O)c(O)c1. The number of unbranched alkanes of at least 4 members (excludes halogenated alkanes) is 2. The normalized spacial score (nSPS) is 12.1. The number of nitrogens with two attached hydrogens (primary N) is 1. The number of aromatic hydroxyl groups is 1. The number of rotatable bonds is 9. The molecule has 0 radical (unpaired) electrons. The van der Waals surface area contributed by atoms with Gasteiger partial charge in [-0.25, -0.2) is 0 Å². The van der Waals surface area contributed by atoms with E-state index in [9.17, 15) is 14.7 Å². The molecule has 0 aliphatic heterocycles. The number of carboxylic acid groups (broad SMARTS) is 1. The van der Waals surface area contributed by atoms with Gasteiger partial charge in [-0.05, 0) is 44.0 Å². The van der Waals surface area contributed by atoms with Crippen LogP contribution >= 0.6 is 0 Å². The van der Waals surface area contributed by atoms with Crippen LogP contribution in [0.3, 0.4) is 0 Å². The molecule has 0 bridgehead atoms. The third kappa shape index (κ3) is 5.55. The lowest BCUT2D eigenvalue weighted by Gasteiger charge is -2.15. The zero-order chi connectivity index (χ0) is 15.8. The Morgan fingerprint density at radius 2 is 1.95 bits per heavy atom. The first-order valence-corrected chi connectivity index (χ1v) is 7.21. The highest BCUT2D eigenvalue weighted by Crippen LogP contribution is 2.26. The van der Waals surface area contributed by atoms with Crippen LogP contribution in [0.2, 0.25) is 0 Å². The van der Waals surface area contributed by atoms with Gasteiger partial charge in [-0.1, -0.05) is 18.9 Å². The topological polar surface area (TPSA) is 101 Å². The lowest BCUT2D eigenvalue weighted by molar-refractivity contribution is -0.137. The minimum absolute atomic E-state index is 0.0858. The molecule has 0 spiro atoms. The summed E-state index contributed by atoms with van der Waals surface area (Å²) in [6.07, 6.45) is 2.78. The van der Waals surface area contributed by atoms with Crippen molar-refractivity contribution in [2.75, 3.05) is 6.54 Å². The van der Waals surface area contributed by atoms with Crippen LogP contribution in [0.15, 0.2) is 18.2 Å². The monoisotopic (exact) mass is 293 g/mol. The predicted molar refractivity (Wildman–Crippen MR) is 80.4 cm³/mol. The average molecular weight is 293 g/mol. The van der Waals surface area contributed by atoms with Crippen molar-refractivity contribution in [3.63, 3.8) is 0 Å². The van der Waals surface area contributed by atoms with Crippen molar-refractivity contribution >= 4 is 11.8 Å². The summed E-state index contributed by atoms with van der Waals surface area (Å²) in [4.78, 5) is 23.4. The number of carbonyl (C=O) groups excluding carboxylic acids is 1. The molecule has 116 valence electrons. The lowest BCUT2D eigenvalue weighted by Crippen LogP contribution is -2.19. The Kier molecular flexibility index (Phi) is 6.88. The molecule has 0 amide bonds. The number of phenolic OH excluding ortho intramolecular Hbond substituents is 1. The predicted octanol–water partition coefficient (Wildman–Crippen LogP) is 2.49. The molecule has 0 heterocycles. The minimum atomic E-state index is -1.00. The summed E-state index contributed by atoms with van der Waals surface area (Å²) in [5, 5.41) is 18.8. The van der Waals surface area contributed by atoms with E-state index in [0.29, 0.717) is 13.0 Å². The van der Waals surface area contributed by atoms with Gasteiger partial charge in [0.25, 0.3) is 0 Å². The Morgan fingerprint density at radius 1 is 1.24 bits per heavy atom. The molecule has 0 aromatic heterocycles. The highest BCUT2D eigenvalue weighted by molar-refractivity contribution is 6.01. The number of Topliss-reactive ketones (excluding diaryl/α,β-unsaturated/α-hetero) is 1. The van der Waals surface area contributed by atoms with Crippen LogP contribution in [-0.4, -0.2) is 28.5 Å². The van der Waals surface area contributed by atoms with Crippen LogP contribution in [-0.2, 0) is 4.79 Å². The van der Waals surface area contributed by atoms with E-state index >= 15 is 0 Å². The van der Waals surface area contributed by atoms with Crippen LogP contribution in [0, 0.1) is 12.8 Å². The van der Waals surface area contributed by atoms with Gasteiger partial charge in [-0.3, -0.25) is 9.59 Å². The Morgan fingerprint density at radius 3 is 2.52 bits per heavy atom. The Balaban J connectivity index is 2.80. The van der Waals surface area contributed by atoms with E-state index in [1.165, 1.54) is 6.07 Å². The summed E-state index contributed by atoms with van der Waals surface area (Å²) in [6.45, 7) is 2.41. The molecule has 0 aliphatic rings. The van der Waals surface area contributed by atoms with E-state index in [2.05, 4.69) is 0 Å². The molecule has 1 aromatic carbocycles. The molecule has 5 nitrogen and oxygen atoms in total. The maximum absolute atomic E-state index is 12.4. The molecule has 0 saturated carbocycles. The molecule has 21 heavy (non-hydrogen) atoms. The van der Waals surface area contributed by atoms with Gasteiger partial charge in [-0.15, -0.1) is 0 Å². The fourth-order valence-electron chi connectivity index (χ4n) is 2.32. The van der Waals surface area contributed by atoms with Crippen molar-refractivity contribution in [3.8, 4) is 5.75 Å². The van der Waals surface area contributed by atoms with Gasteiger partial charge in [-0.2, -0.15) is 0 Å². The van der Waals surface area contributed by atoms with Crippen molar-refractivity contribution in [1.29, 1.82) is 0 Å². The number of hydrogen-bond acceptors (Lipinski definition) is 4. The number of benzene rings is 1. The second-order valence-electron chi connectivity index (χ2n) is 5.32. The summed E-state index contributed by atoms with van der Waals surface area (Å²) in [7, 11) is 0. The highest BCUT2D eigenvalue weighted by atomic mass is 16.4. The van der Waals surface area contributed by atoms with Gasteiger partial charge >= 0.3 is 5.97 Å². The fraction of sp³-hybridized carbons (Fsp3) is 0.500. The Bertz CT molecular complexity index is 499. The number of aliphatic carboxylic acids is 1. The number of carboxylic acids is 1. The molecular weight excluding hydrogens is 270 g/mol. The minimum Gasteiger partial charge on any atom is -0.507 e. The van der Waals surface area contributed by atoms with E-state index in [0.717, 1.165) is 24.8 Å². The second-order valence-corrected chi connectivity index (χ2v) is 5.32. The van der Waals surface area contributed by atoms with Crippen LogP contribution in [0.1, 0.15) is 48.0 Å². The summed E-state index contributed by atoms with van der Waals surface area (Å²) >= 11 is 0. The Labute approximate surface area is 124 Å². The first kappa shape index (κ1) is 17.2. The van der Waals surface area contributed by atoms with Crippen molar-refractivity contribution in [2.24, 2.45) is 11.7 Å². The van der Waals surface area contributed by atoms with Gasteiger partial charge in [0.1, 0.15) is 5.75 Å². The van der Waals surface area contributed by atoms with E-state index in [-0.39, 0.29) is 23.5 Å². The van der Waals surface area contributed by atoms with Crippen molar-refractivity contribution < 1.29 is 19.8 Å². The molecule has 1 atom stereocenters. The van der Waals surface area contributed by atoms with Crippen molar-refractivity contribution in [2.45, 2.75) is 39.0 Å². The fourth-order valence-corrected chi connectivity index (χ4v) is 2.32. The number of aryl methyl sites for hydroxylation is 1. The maximum atomic E-state index is 12.4. The zero-order valence-electron chi connectivity index (χ0n) is 12.3. The first-order chi connectivity index (χ1) is 9.95. The summed E-state index contributed by atoms with van der Waals surface area (Å²) < 4.78 is 0. The largest absolute Gasteiger partial charge is 0.507 e. The third-order valence-corrected chi connectivity index (χ3v) is 3.47. The molecule has 4 N–H and O–H groups in total. The molecule has 1 rings (SSSR count). The zero-order valence-corrected chi connectivity index (χ0v) is 12.3. The smallest absolute Gasteiger partial charge is 0.304 e. The number of ketones is 1. The molecular formula is C16H23NO4. The third-order valence-electron chi connectivity index (χ3n) is 3.47. The molecule has 0 aliphatic carbocycles. The average Bonchev–Trinajstić information content (AvgIpc) is 2.41. The van der Waals surface area contributed by atoms with Gasteiger partial charge in [0.15, 0.2) is 5.78 Å². The van der Waals surface area contributed by atoms with E-state index in [1.54, 1.807) is 12.1 Å². The Hall–Kier alpha value is -1.88. The molecule has 0 fully saturated rings. The van der Waals surface area contributed by atoms with Crippen LogP contribution in [0.4, 0.5) is 0 Å². The van der Waals surface area contributed by atoms with Gasteiger partial charge in [0.2, 0.25) is 0 Å². The standard InChI is InChI=1S/C16H23NO4/c1-11-6-7-13(14(18)9-11)16(21)12(10-15(19)20)5-3-2-4-8-17/h6-7,9,12,18H,2-5,8,10,17H2,1H3,(H,19,20). The van der Waals surface area contributed by atoms with Crippen LogP contribution in [0.25, 0.3) is 0 Å². The van der Waals surface area contributed by atoms with E-state index < -0.39 is 11.9 Å². The quantitative estimate of drug-likeness (QED) is 0.479. The lowest BCUT2D eigenvalue weighted by atomic mass is 9.89. The summed E-state index contributed by atoms with van der Waals surface area (Å²) in [5.41, 5.74) is 6.47. The summed E-state index contributed by atoms with van der Waals surface area (Å²) in [6, 6.07) is 4.81. The molecule has 5 heteroatoms. The highest BCUT2D eigenvalue weighted by Gasteiger charge is 2.24. The van der Waals surface area contributed by atoms with Gasteiger partial charge in [0.05, 0.1) is 12.0 Å². The van der Waals surface area contributed by atoms with E-state index in [1.807, 2.05) is 6.92 Å². The van der Waals surface area contributed by atoms with Crippen molar-refractivity contribution in [1.82, 2.24) is 0 Å². The maximum Gasteiger partial charge on any atom is 0.304 e. The van der Waals surface area contributed by atoms with Gasteiger partial charge < -0.3 is 15.9 Å². The molecule has 0 saturated heterocycles. The first-order valence-electron chi connectivity index (χ1n) is 7.21. The number of phenols is 1. The van der Waals surface area contributed by atoms with E-state index in [4.69, 9.17) is 10.8 Å². The summed E-state index contributed by atoms with van der Waals surface area (Å²) in [5.74, 6) is -1.99. The van der Waals surface area contributed by atoms with Crippen molar-refractivity contribution in [3.05, 3.63) is 29.3 Å².